The van der Waals surface area contributed by atoms with Crippen LogP contribution in [0.2, 0.25) is 0 Å². The summed E-state index contributed by atoms with van der Waals surface area (Å²) in [7, 11) is 0. The van der Waals surface area contributed by atoms with Gasteiger partial charge in [-0.1, -0.05) is 6.42 Å². The average molecular weight is 277 g/mol. The Kier molecular flexibility index (Phi) is 4.95. The van der Waals surface area contributed by atoms with Crippen molar-refractivity contribution in [2.75, 3.05) is 19.6 Å². The van der Waals surface area contributed by atoms with E-state index in [1.54, 1.807) is 11.8 Å². The number of carbonyl (C=O) groups is 1. The summed E-state index contributed by atoms with van der Waals surface area (Å²) in [6.07, 6.45) is 5.02. The van der Waals surface area contributed by atoms with Crippen LogP contribution in [0.5, 0.6) is 0 Å². The lowest BCUT2D eigenvalue weighted by Gasteiger charge is -2.29. The Bertz CT molecular complexity index is 518. The molecule has 2 heterocycles. The lowest BCUT2D eigenvalue weighted by Crippen LogP contribution is -2.46. The minimum atomic E-state index is -0.207. The molecule has 0 spiro atoms. The van der Waals surface area contributed by atoms with Gasteiger partial charge in [-0.25, -0.2) is 0 Å². The van der Waals surface area contributed by atoms with Gasteiger partial charge in [-0.2, -0.15) is 0 Å². The van der Waals surface area contributed by atoms with Gasteiger partial charge < -0.3 is 15.2 Å². The topological polar surface area (TPSA) is 65.2 Å². The van der Waals surface area contributed by atoms with Crippen molar-refractivity contribution in [3.05, 3.63) is 33.7 Å². The van der Waals surface area contributed by atoms with E-state index in [0.29, 0.717) is 19.1 Å². The zero-order valence-corrected chi connectivity index (χ0v) is 12.2. The maximum absolute atomic E-state index is 12.5. The Labute approximate surface area is 119 Å². The molecule has 110 valence electrons. The number of aromatic amines is 1. The summed E-state index contributed by atoms with van der Waals surface area (Å²) in [5, 5.41) is 3.43. The van der Waals surface area contributed by atoms with Crippen molar-refractivity contribution >= 4 is 5.91 Å². The fourth-order valence-corrected chi connectivity index (χ4v) is 2.61. The second kappa shape index (κ2) is 6.70. The number of nitrogens with zero attached hydrogens (tertiary/aromatic N) is 1. The van der Waals surface area contributed by atoms with Gasteiger partial charge in [0.05, 0.1) is 0 Å². The third-order valence-electron chi connectivity index (χ3n) is 3.81. The van der Waals surface area contributed by atoms with Gasteiger partial charge in [0.25, 0.3) is 5.91 Å². The van der Waals surface area contributed by atoms with Crippen molar-refractivity contribution in [2.45, 2.75) is 39.2 Å². The van der Waals surface area contributed by atoms with Gasteiger partial charge in [-0.05, 0) is 33.2 Å². The van der Waals surface area contributed by atoms with E-state index < -0.39 is 0 Å². The smallest absolute Gasteiger partial charge is 0.259 e. The van der Waals surface area contributed by atoms with Crippen LogP contribution in [0.15, 0.2) is 17.1 Å². The highest BCUT2D eigenvalue weighted by molar-refractivity contribution is 5.93. The number of amides is 1. The predicted octanol–water partition coefficient (Wildman–Crippen LogP) is 1.29. The van der Waals surface area contributed by atoms with E-state index in [2.05, 4.69) is 10.3 Å². The Morgan fingerprint density at radius 2 is 2.25 bits per heavy atom. The minimum Gasteiger partial charge on any atom is -0.364 e. The third-order valence-corrected chi connectivity index (χ3v) is 3.81. The molecular formula is C15H23N3O2. The molecule has 1 aromatic rings. The van der Waals surface area contributed by atoms with Crippen LogP contribution in [-0.2, 0) is 0 Å². The number of piperidine rings is 1. The lowest BCUT2D eigenvalue weighted by molar-refractivity contribution is 0.0740. The van der Waals surface area contributed by atoms with Crippen LogP contribution in [0.1, 0.15) is 42.2 Å². The predicted molar refractivity (Wildman–Crippen MR) is 79.0 cm³/mol. The van der Waals surface area contributed by atoms with Crippen LogP contribution in [0.3, 0.4) is 0 Å². The fourth-order valence-electron chi connectivity index (χ4n) is 2.61. The van der Waals surface area contributed by atoms with Gasteiger partial charge in [0, 0.05) is 37.1 Å². The van der Waals surface area contributed by atoms with E-state index >= 15 is 0 Å². The first-order valence-corrected chi connectivity index (χ1v) is 7.33. The largest absolute Gasteiger partial charge is 0.364 e. The van der Waals surface area contributed by atoms with Crippen LogP contribution in [-0.4, -0.2) is 41.5 Å². The molecule has 1 aromatic heterocycles. The summed E-state index contributed by atoms with van der Waals surface area (Å²) in [5.74, 6) is -0.180. The minimum absolute atomic E-state index is 0.180. The highest BCUT2D eigenvalue weighted by atomic mass is 16.2. The summed E-state index contributed by atoms with van der Waals surface area (Å²) in [6, 6.07) is 1.82. The number of hydrogen-bond acceptors (Lipinski definition) is 3. The molecule has 0 bridgehead atoms. The fraction of sp³-hybridized carbons (Fsp3) is 0.600. The zero-order chi connectivity index (χ0) is 14.5. The molecule has 1 atom stereocenters. The molecule has 5 heteroatoms. The first kappa shape index (κ1) is 14.8. The number of aryl methyl sites for hydroxylation is 1. The lowest BCUT2D eigenvalue weighted by atomic mass is 10.0. The number of H-pyrrole nitrogens is 1. The first-order valence-electron chi connectivity index (χ1n) is 7.33. The summed E-state index contributed by atoms with van der Waals surface area (Å²) in [4.78, 5) is 29.1. The standard InChI is InChI=1S/C15H23N3O2/c1-3-18(10-12-6-4-5-7-16-12)15(20)13-9-17-11(2)8-14(13)19/h8-9,12,16H,3-7,10H2,1-2H3,(H,17,19). The van der Waals surface area contributed by atoms with Crippen LogP contribution in [0.25, 0.3) is 0 Å². The molecule has 1 unspecified atom stereocenters. The van der Waals surface area contributed by atoms with Crippen LogP contribution in [0.4, 0.5) is 0 Å². The maximum atomic E-state index is 12.5. The van der Waals surface area contributed by atoms with E-state index in [0.717, 1.165) is 18.7 Å². The normalized spacial score (nSPS) is 18.8. The first-order chi connectivity index (χ1) is 9.61. The molecule has 20 heavy (non-hydrogen) atoms. The average Bonchev–Trinajstić information content (AvgIpc) is 2.45. The molecule has 1 aliphatic rings. The molecule has 1 fully saturated rings. The van der Waals surface area contributed by atoms with Gasteiger partial charge in [0.2, 0.25) is 0 Å². The summed E-state index contributed by atoms with van der Waals surface area (Å²) in [6.45, 7) is 6.05. The number of carbonyl (C=O) groups excluding carboxylic acids is 1. The Hall–Kier alpha value is -1.62. The number of hydrogen-bond donors (Lipinski definition) is 2. The van der Waals surface area contributed by atoms with Crippen LogP contribution >= 0.6 is 0 Å². The number of rotatable bonds is 4. The third kappa shape index (κ3) is 3.48. The SMILES string of the molecule is CCN(CC1CCCCN1)C(=O)c1c[nH]c(C)cc1=O. The van der Waals surface area contributed by atoms with E-state index in [1.807, 2.05) is 6.92 Å². The molecule has 1 saturated heterocycles. The van der Waals surface area contributed by atoms with Crippen LogP contribution < -0.4 is 10.7 Å². The van der Waals surface area contributed by atoms with Crippen molar-refractivity contribution < 1.29 is 4.79 Å². The highest BCUT2D eigenvalue weighted by Crippen LogP contribution is 2.10. The zero-order valence-electron chi connectivity index (χ0n) is 12.2. The molecule has 5 nitrogen and oxygen atoms in total. The van der Waals surface area contributed by atoms with Gasteiger partial charge in [0.15, 0.2) is 5.43 Å². The Morgan fingerprint density at radius 1 is 1.45 bits per heavy atom. The monoisotopic (exact) mass is 277 g/mol. The second-order valence-corrected chi connectivity index (χ2v) is 5.38. The van der Waals surface area contributed by atoms with Gasteiger partial charge >= 0.3 is 0 Å². The Balaban J connectivity index is 2.09. The van der Waals surface area contributed by atoms with E-state index in [-0.39, 0.29) is 16.9 Å². The summed E-state index contributed by atoms with van der Waals surface area (Å²) < 4.78 is 0. The molecule has 0 saturated carbocycles. The van der Waals surface area contributed by atoms with E-state index in [1.165, 1.54) is 25.1 Å². The summed E-state index contributed by atoms with van der Waals surface area (Å²) in [5.41, 5.74) is 0.790. The highest BCUT2D eigenvalue weighted by Gasteiger charge is 2.22. The molecular weight excluding hydrogens is 254 g/mol. The van der Waals surface area contributed by atoms with Gasteiger partial charge in [-0.15, -0.1) is 0 Å². The van der Waals surface area contributed by atoms with Gasteiger partial charge in [-0.3, -0.25) is 9.59 Å². The Morgan fingerprint density at radius 3 is 2.85 bits per heavy atom. The van der Waals surface area contributed by atoms with E-state index in [9.17, 15) is 9.59 Å². The molecule has 1 aliphatic heterocycles. The molecule has 0 aromatic carbocycles. The number of aromatic nitrogens is 1. The van der Waals surface area contributed by atoms with Gasteiger partial charge in [0.1, 0.15) is 5.56 Å². The quantitative estimate of drug-likeness (QED) is 0.871. The van der Waals surface area contributed by atoms with Crippen molar-refractivity contribution in [2.24, 2.45) is 0 Å². The molecule has 2 N–H and O–H groups in total. The molecule has 1 amide bonds. The summed E-state index contributed by atoms with van der Waals surface area (Å²) >= 11 is 0. The van der Waals surface area contributed by atoms with Crippen molar-refractivity contribution in [3.8, 4) is 0 Å². The van der Waals surface area contributed by atoms with Crippen LogP contribution in [0, 0.1) is 6.92 Å². The number of likely N-dealkylation sites (N-methyl/N-ethyl adjacent to an activating group) is 1. The second-order valence-electron chi connectivity index (χ2n) is 5.38. The van der Waals surface area contributed by atoms with Crippen molar-refractivity contribution in [3.63, 3.8) is 0 Å². The maximum Gasteiger partial charge on any atom is 0.259 e. The van der Waals surface area contributed by atoms with Crippen molar-refractivity contribution in [1.82, 2.24) is 15.2 Å². The number of nitrogens with one attached hydrogen (secondary N) is 2. The molecule has 2 rings (SSSR count). The molecule has 0 aliphatic carbocycles. The van der Waals surface area contributed by atoms with Crippen molar-refractivity contribution in [1.29, 1.82) is 0 Å². The number of pyridine rings is 1. The van der Waals surface area contributed by atoms with E-state index in [4.69, 9.17) is 0 Å². The molecule has 0 radical (unpaired) electrons.